The Bertz CT molecular complexity index is 734. The Balaban J connectivity index is 2.22. The van der Waals surface area contributed by atoms with Gasteiger partial charge in [0.15, 0.2) is 0 Å². The Morgan fingerprint density at radius 2 is 1.86 bits per heavy atom. The fourth-order valence-electron chi connectivity index (χ4n) is 2.00. The highest BCUT2D eigenvalue weighted by Crippen LogP contribution is 2.24. The number of carbonyl (C=O) groups is 1. The summed E-state index contributed by atoms with van der Waals surface area (Å²) in [6, 6.07) is 10.9. The van der Waals surface area contributed by atoms with Crippen molar-refractivity contribution in [1.82, 2.24) is 4.90 Å². The number of hydrogen-bond donors (Lipinski definition) is 0. The van der Waals surface area contributed by atoms with Gasteiger partial charge in [-0.05, 0) is 23.8 Å². The van der Waals surface area contributed by atoms with Gasteiger partial charge in [-0.1, -0.05) is 41.4 Å². The van der Waals surface area contributed by atoms with E-state index < -0.39 is 10.8 Å². The van der Waals surface area contributed by atoms with Crippen molar-refractivity contribution < 1.29 is 9.72 Å². The summed E-state index contributed by atoms with van der Waals surface area (Å²) in [7, 11) is 1.57. The van der Waals surface area contributed by atoms with Crippen molar-refractivity contribution in [2.75, 3.05) is 7.05 Å². The molecule has 22 heavy (non-hydrogen) atoms. The summed E-state index contributed by atoms with van der Waals surface area (Å²) in [5, 5.41) is 11.8. The van der Waals surface area contributed by atoms with Crippen LogP contribution in [-0.2, 0) is 6.54 Å². The lowest BCUT2D eigenvalue weighted by Gasteiger charge is -2.17. The highest BCUT2D eigenvalue weighted by molar-refractivity contribution is 6.42. The molecule has 0 aliphatic heterocycles. The van der Waals surface area contributed by atoms with Crippen LogP contribution in [-0.4, -0.2) is 22.8 Å². The van der Waals surface area contributed by atoms with Gasteiger partial charge >= 0.3 is 0 Å². The number of hydrogen-bond acceptors (Lipinski definition) is 3. The zero-order valence-electron chi connectivity index (χ0n) is 11.6. The first kappa shape index (κ1) is 16.3. The van der Waals surface area contributed by atoms with Crippen LogP contribution in [0.4, 0.5) is 5.69 Å². The van der Waals surface area contributed by atoms with Crippen molar-refractivity contribution >= 4 is 34.8 Å². The average molecular weight is 339 g/mol. The van der Waals surface area contributed by atoms with Crippen molar-refractivity contribution in [2.24, 2.45) is 0 Å². The summed E-state index contributed by atoms with van der Waals surface area (Å²) in [6.07, 6.45) is 0. The molecule has 2 aromatic rings. The SMILES string of the molecule is CN(Cc1ccc(Cl)c(Cl)c1)C(=O)c1ccccc1[N+](=O)[O-]. The predicted octanol–water partition coefficient (Wildman–Crippen LogP) is 4.17. The molecule has 0 bridgehead atoms. The lowest BCUT2D eigenvalue weighted by molar-refractivity contribution is -0.385. The summed E-state index contributed by atoms with van der Waals surface area (Å²) < 4.78 is 0. The third-order valence-corrected chi connectivity index (χ3v) is 3.82. The van der Waals surface area contributed by atoms with E-state index in [0.717, 1.165) is 5.56 Å². The van der Waals surface area contributed by atoms with Crippen molar-refractivity contribution in [2.45, 2.75) is 6.54 Å². The van der Waals surface area contributed by atoms with Crippen LogP contribution >= 0.6 is 23.2 Å². The first-order valence-corrected chi connectivity index (χ1v) is 7.08. The molecule has 7 heteroatoms. The van der Waals surface area contributed by atoms with E-state index in [2.05, 4.69) is 0 Å². The Kier molecular flexibility index (Phi) is 5.00. The smallest absolute Gasteiger partial charge is 0.282 e. The molecule has 0 unspecified atom stereocenters. The van der Waals surface area contributed by atoms with Gasteiger partial charge in [-0.3, -0.25) is 14.9 Å². The van der Waals surface area contributed by atoms with Crippen LogP contribution in [0.25, 0.3) is 0 Å². The zero-order valence-corrected chi connectivity index (χ0v) is 13.1. The number of nitrogens with zero attached hydrogens (tertiary/aromatic N) is 2. The fourth-order valence-corrected chi connectivity index (χ4v) is 2.32. The van der Waals surface area contributed by atoms with E-state index in [1.165, 1.54) is 23.1 Å². The number of carbonyl (C=O) groups excluding carboxylic acids is 1. The molecule has 1 amide bonds. The van der Waals surface area contributed by atoms with Crippen LogP contribution < -0.4 is 0 Å². The Morgan fingerprint density at radius 3 is 2.50 bits per heavy atom. The molecule has 0 spiro atoms. The lowest BCUT2D eigenvalue weighted by atomic mass is 10.1. The number of benzene rings is 2. The van der Waals surface area contributed by atoms with E-state index in [1.54, 1.807) is 31.3 Å². The number of halogens is 2. The Hall–Kier alpha value is -2.11. The summed E-state index contributed by atoms with van der Waals surface area (Å²) in [4.78, 5) is 24.2. The van der Waals surface area contributed by atoms with Crippen molar-refractivity contribution in [3.05, 3.63) is 73.8 Å². The molecule has 0 aliphatic rings. The van der Waals surface area contributed by atoms with Crippen molar-refractivity contribution in [1.29, 1.82) is 0 Å². The average Bonchev–Trinajstić information content (AvgIpc) is 2.50. The van der Waals surface area contributed by atoms with E-state index in [-0.39, 0.29) is 17.8 Å². The largest absolute Gasteiger partial charge is 0.337 e. The molecule has 0 aliphatic carbocycles. The maximum absolute atomic E-state index is 12.4. The minimum Gasteiger partial charge on any atom is -0.337 e. The first-order chi connectivity index (χ1) is 10.4. The number of amides is 1. The summed E-state index contributed by atoms with van der Waals surface area (Å²) in [5.41, 5.74) is 0.618. The van der Waals surface area contributed by atoms with Gasteiger partial charge in [0.25, 0.3) is 11.6 Å². The predicted molar refractivity (Wildman–Crippen MR) is 85.4 cm³/mol. The van der Waals surface area contributed by atoms with Crippen LogP contribution in [0.2, 0.25) is 10.0 Å². The number of rotatable bonds is 4. The van der Waals surface area contributed by atoms with Gasteiger partial charge in [-0.25, -0.2) is 0 Å². The molecular formula is C15H12Cl2N2O3. The first-order valence-electron chi connectivity index (χ1n) is 6.33. The minimum absolute atomic E-state index is 0.0510. The second-order valence-corrected chi connectivity index (χ2v) is 5.50. The molecule has 5 nitrogen and oxygen atoms in total. The highest BCUT2D eigenvalue weighted by Gasteiger charge is 2.22. The minimum atomic E-state index is -0.569. The normalized spacial score (nSPS) is 10.3. The van der Waals surface area contributed by atoms with E-state index >= 15 is 0 Å². The van der Waals surface area contributed by atoms with Gasteiger partial charge in [-0.15, -0.1) is 0 Å². The molecule has 0 atom stereocenters. The third kappa shape index (κ3) is 3.55. The zero-order chi connectivity index (χ0) is 16.3. The van der Waals surface area contributed by atoms with Gasteiger partial charge in [0.05, 0.1) is 15.0 Å². The van der Waals surface area contributed by atoms with Gasteiger partial charge in [0, 0.05) is 19.7 Å². The maximum atomic E-state index is 12.4. The van der Waals surface area contributed by atoms with Crippen LogP contribution in [0, 0.1) is 10.1 Å². The monoisotopic (exact) mass is 338 g/mol. The van der Waals surface area contributed by atoms with Crippen LogP contribution in [0.3, 0.4) is 0 Å². The summed E-state index contributed by atoms with van der Waals surface area (Å²) >= 11 is 11.8. The van der Waals surface area contributed by atoms with Gasteiger partial charge in [-0.2, -0.15) is 0 Å². The summed E-state index contributed by atoms with van der Waals surface area (Å²) in [5.74, 6) is -0.432. The molecule has 114 valence electrons. The van der Waals surface area contributed by atoms with Gasteiger partial charge in [0.2, 0.25) is 0 Å². The molecule has 0 aromatic heterocycles. The van der Waals surface area contributed by atoms with Crippen LogP contribution in [0.15, 0.2) is 42.5 Å². The molecule has 0 saturated heterocycles. The Morgan fingerprint density at radius 1 is 1.18 bits per heavy atom. The van der Waals surface area contributed by atoms with E-state index in [1.807, 2.05) is 0 Å². The second kappa shape index (κ2) is 6.77. The van der Waals surface area contributed by atoms with E-state index in [4.69, 9.17) is 23.2 Å². The van der Waals surface area contributed by atoms with Gasteiger partial charge in [0.1, 0.15) is 5.56 Å². The molecular weight excluding hydrogens is 327 g/mol. The van der Waals surface area contributed by atoms with Gasteiger partial charge < -0.3 is 4.90 Å². The lowest BCUT2D eigenvalue weighted by Crippen LogP contribution is -2.26. The molecule has 2 rings (SSSR count). The Labute approximate surface area is 137 Å². The molecule has 0 heterocycles. The van der Waals surface area contributed by atoms with Crippen LogP contribution in [0.5, 0.6) is 0 Å². The number of para-hydroxylation sites is 1. The van der Waals surface area contributed by atoms with Crippen molar-refractivity contribution in [3.63, 3.8) is 0 Å². The van der Waals surface area contributed by atoms with Crippen molar-refractivity contribution in [3.8, 4) is 0 Å². The molecule has 2 aromatic carbocycles. The van der Waals surface area contributed by atoms with E-state index in [9.17, 15) is 14.9 Å². The number of nitro groups is 1. The standard InChI is InChI=1S/C15H12Cl2N2O3/c1-18(9-10-6-7-12(16)13(17)8-10)15(20)11-4-2-3-5-14(11)19(21)22/h2-8H,9H2,1H3. The maximum Gasteiger partial charge on any atom is 0.282 e. The fraction of sp³-hybridized carbons (Fsp3) is 0.133. The van der Waals surface area contributed by atoms with E-state index in [0.29, 0.717) is 10.0 Å². The highest BCUT2D eigenvalue weighted by atomic mass is 35.5. The molecule has 0 N–H and O–H groups in total. The third-order valence-electron chi connectivity index (χ3n) is 3.08. The van der Waals surface area contributed by atoms with Crippen LogP contribution in [0.1, 0.15) is 15.9 Å². The summed E-state index contributed by atoms with van der Waals surface area (Å²) in [6.45, 7) is 0.266. The topological polar surface area (TPSA) is 63.5 Å². The number of nitro benzene ring substituents is 1. The molecule has 0 fully saturated rings. The molecule has 0 radical (unpaired) electrons. The quantitative estimate of drug-likeness (QED) is 0.620. The second-order valence-electron chi connectivity index (χ2n) is 4.68. The molecule has 0 saturated carbocycles.